The van der Waals surface area contributed by atoms with Gasteiger partial charge in [-0.3, -0.25) is 9.69 Å². The van der Waals surface area contributed by atoms with Gasteiger partial charge in [0.05, 0.1) is 12.0 Å². The molecule has 7 nitrogen and oxygen atoms in total. The summed E-state index contributed by atoms with van der Waals surface area (Å²) in [4.78, 5) is 23.3. The number of nitrogens with one attached hydrogen (secondary N) is 1. The zero-order valence-electron chi connectivity index (χ0n) is 16.0. The molecule has 0 aliphatic carbocycles. The van der Waals surface area contributed by atoms with Crippen molar-refractivity contribution < 1.29 is 9.21 Å². The van der Waals surface area contributed by atoms with Crippen LogP contribution in [0.5, 0.6) is 0 Å². The molecule has 0 radical (unpaired) electrons. The van der Waals surface area contributed by atoms with Crippen LogP contribution in [0.15, 0.2) is 39.4 Å². The molecule has 1 unspecified atom stereocenters. The Labute approximate surface area is 176 Å². The number of hydrogen-bond donors (Lipinski definition) is 1. The molecule has 29 heavy (non-hydrogen) atoms. The smallest absolute Gasteiger partial charge is 0.247 e. The molecule has 0 saturated carbocycles. The number of fused-ring (bicyclic) bond motifs is 1. The number of hydrogen-bond acceptors (Lipinski definition) is 6. The molecule has 3 aromatic rings. The van der Waals surface area contributed by atoms with Gasteiger partial charge in [-0.05, 0) is 49.2 Å². The molecule has 1 aromatic carbocycles. The molecule has 8 heteroatoms. The van der Waals surface area contributed by atoms with Gasteiger partial charge in [0.2, 0.25) is 17.5 Å². The number of oxazole rings is 1. The summed E-state index contributed by atoms with van der Waals surface area (Å²) in [6.45, 7) is 4.29. The quantitative estimate of drug-likeness (QED) is 0.594. The molecule has 1 amide bonds. The van der Waals surface area contributed by atoms with Crippen molar-refractivity contribution in [3.63, 3.8) is 0 Å². The summed E-state index contributed by atoms with van der Waals surface area (Å²) < 4.78 is 6.87. The van der Waals surface area contributed by atoms with Gasteiger partial charge >= 0.3 is 0 Å². The first-order valence-electron chi connectivity index (χ1n) is 9.43. The Balaban J connectivity index is 1.48. The number of carbonyl (C=O) groups excluding carboxylic acids is 1. The molecule has 3 heterocycles. The number of benzene rings is 1. The maximum absolute atomic E-state index is 12.0. The standard InChI is InChI=1S/C21H20BrN5O2/c1-13-16(3-2-4-17(13)22)20-26-18-9-14(10-25-21(18)29-20)11-27-8-5-15(12-27)19(28)24-7-6-23/h2-4,9-10,15H,5,7-8,11-12H2,1H3,(H,24,28). The maximum Gasteiger partial charge on any atom is 0.247 e. The Morgan fingerprint density at radius 1 is 1.48 bits per heavy atom. The topological polar surface area (TPSA) is 95.1 Å². The van der Waals surface area contributed by atoms with Crippen LogP contribution >= 0.6 is 15.9 Å². The molecule has 1 fully saturated rings. The normalized spacial score (nSPS) is 16.8. The van der Waals surface area contributed by atoms with Crippen LogP contribution in [0.25, 0.3) is 22.7 Å². The van der Waals surface area contributed by atoms with Crippen molar-refractivity contribution in [3.05, 3.63) is 46.1 Å². The summed E-state index contributed by atoms with van der Waals surface area (Å²) in [7, 11) is 0. The minimum atomic E-state index is -0.0711. The predicted molar refractivity (Wildman–Crippen MR) is 112 cm³/mol. The van der Waals surface area contributed by atoms with Crippen molar-refractivity contribution >= 4 is 33.1 Å². The summed E-state index contributed by atoms with van der Waals surface area (Å²) in [6, 6.07) is 9.85. The van der Waals surface area contributed by atoms with E-state index in [9.17, 15) is 4.79 Å². The lowest BCUT2D eigenvalue weighted by Crippen LogP contribution is -2.32. The number of nitrogens with zero attached hydrogens (tertiary/aromatic N) is 4. The van der Waals surface area contributed by atoms with E-state index in [0.29, 0.717) is 24.7 Å². The van der Waals surface area contributed by atoms with Gasteiger partial charge in [-0.25, -0.2) is 9.97 Å². The third kappa shape index (κ3) is 4.16. The largest absolute Gasteiger partial charge is 0.418 e. The number of carbonyl (C=O) groups is 1. The summed E-state index contributed by atoms with van der Waals surface area (Å²) in [5.74, 6) is 0.435. The van der Waals surface area contributed by atoms with Crippen molar-refractivity contribution in [2.24, 2.45) is 5.92 Å². The highest BCUT2D eigenvalue weighted by Crippen LogP contribution is 2.30. The summed E-state index contributed by atoms with van der Waals surface area (Å²) in [6.07, 6.45) is 2.59. The van der Waals surface area contributed by atoms with Crippen LogP contribution in [0.2, 0.25) is 0 Å². The molecular formula is C21H20BrN5O2. The van der Waals surface area contributed by atoms with Crippen LogP contribution in [-0.4, -0.2) is 40.4 Å². The van der Waals surface area contributed by atoms with Gasteiger partial charge in [0, 0.05) is 29.3 Å². The second-order valence-electron chi connectivity index (χ2n) is 7.20. The van der Waals surface area contributed by atoms with Crippen molar-refractivity contribution in [2.45, 2.75) is 19.9 Å². The highest BCUT2D eigenvalue weighted by Gasteiger charge is 2.28. The fourth-order valence-corrected chi connectivity index (χ4v) is 3.99. The molecule has 1 N–H and O–H groups in total. The van der Waals surface area contributed by atoms with Crippen molar-refractivity contribution in [1.82, 2.24) is 20.2 Å². The summed E-state index contributed by atoms with van der Waals surface area (Å²) >= 11 is 3.54. The minimum absolute atomic E-state index is 0.0480. The molecule has 0 bridgehead atoms. The maximum atomic E-state index is 12.0. The summed E-state index contributed by atoms with van der Waals surface area (Å²) in [5, 5.41) is 11.2. The molecule has 1 saturated heterocycles. The monoisotopic (exact) mass is 453 g/mol. The Morgan fingerprint density at radius 2 is 2.34 bits per heavy atom. The average molecular weight is 454 g/mol. The van der Waals surface area contributed by atoms with Crippen molar-refractivity contribution in [3.8, 4) is 17.5 Å². The Hall–Kier alpha value is -2.76. The first kappa shape index (κ1) is 19.6. The van der Waals surface area contributed by atoms with E-state index in [1.54, 1.807) is 6.20 Å². The van der Waals surface area contributed by atoms with Crippen LogP contribution in [0.3, 0.4) is 0 Å². The first-order chi connectivity index (χ1) is 14.0. The molecule has 1 atom stereocenters. The van der Waals surface area contributed by atoms with Crippen LogP contribution in [0.1, 0.15) is 17.5 Å². The molecule has 1 aliphatic rings. The summed E-state index contributed by atoms with van der Waals surface area (Å²) in [5.41, 5.74) is 4.26. The molecule has 4 rings (SSSR count). The number of pyridine rings is 1. The van der Waals surface area contributed by atoms with E-state index in [0.717, 1.165) is 39.6 Å². The molecule has 148 valence electrons. The van der Waals surface area contributed by atoms with Crippen LogP contribution in [0, 0.1) is 24.2 Å². The lowest BCUT2D eigenvalue weighted by Gasteiger charge is -2.15. The molecular weight excluding hydrogens is 434 g/mol. The molecule has 0 spiro atoms. The minimum Gasteiger partial charge on any atom is -0.418 e. The van der Waals surface area contributed by atoms with Gasteiger partial charge in [-0.15, -0.1) is 0 Å². The van der Waals surface area contributed by atoms with Crippen LogP contribution in [0.4, 0.5) is 0 Å². The zero-order chi connectivity index (χ0) is 20.4. The van der Waals surface area contributed by atoms with E-state index in [1.165, 1.54) is 0 Å². The van der Waals surface area contributed by atoms with E-state index in [1.807, 2.05) is 37.3 Å². The second kappa shape index (κ2) is 8.31. The highest BCUT2D eigenvalue weighted by molar-refractivity contribution is 9.10. The SMILES string of the molecule is Cc1c(Br)cccc1-c1nc2cc(CN3CCC(C(=O)NCC#N)C3)cnc2o1. The van der Waals surface area contributed by atoms with E-state index >= 15 is 0 Å². The number of likely N-dealkylation sites (tertiary alicyclic amines) is 1. The fraction of sp³-hybridized carbons (Fsp3) is 0.333. The van der Waals surface area contributed by atoms with Gasteiger partial charge in [0.25, 0.3) is 0 Å². The average Bonchev–Trinajstić information content (AvgIpc) is 3.35. The van der Waals surface area contributed by atoms with Crippen molar-refractivity contribution in [1.29, 1.82) is 5.26 Å². The number of rotatable bonds is 5. The van der Waals surface area contributed by atoms with Gasteiger partial charge in [0.15, 0.2) is 0 Å². The number of amides is 1. The number of halogens is 1. The van der Waals surface area contributed by atoms with E-state index in [4.69, 9.17) is 9.68 Å². The lowest BCUT2D eigenvalue weighted by molar-refractivity contribution is -0.124. The van der Waals surface area contributed by atoms with Gasteiger partial charge < -0.3 is 9.73 Å². The van der Waals surface area contributed by atoms with Gasteiger partial charge in [0.1, 0.15) is 12.1 Å². The van der Waals surface area contributed by atoms with Gasteiger partial charge in [-0.2, -0.15) is 5.26 Å². The number of nitriles is 1. The first-order valence-corrected chi connectivity index (χ1v) is 10.2. The Morgan fingerprint density at radius 3 is 3.17 bits per heavy atom. The second-order valence-corrected chi connectivity index (χ2v) is 8.05. The third-order valence-electron chi connectivity index (χ3n) is 5.19. The number of aromatic nitrogens is 2. The predicted octanol–water partition coefficient (Wildman–Crippen LogP) is 3.42. The van der Waals surface area contributed by atoms with Crippen LogP contribution in [-0.2, 0) is 11.3 Å². The Kier molecular flexibility index (Phi) is 5.60. The van der Waals surface area contributed by atoms with E-state index in [-0.39, 0.29) is 18.4 Å². The highest BCUT2D eigenvalue weighted by atomic mass is 79.9. The van der Waals surface area contributed by atoms with Crippen LogP contribution < -0.4 is 5.32 Å². The Bertz CT molecular complexity index is 1100. The van der Waals surface area contributed by atoms with E-state index < -0.39 is 0 Å². The molecule has 1 aliphatic heterocycles. The van der Waals surface area contributed by atoms with Crippen molar-refractivity contribution in [2.75, 3.05) is 19.6 Å². The third-order valence-corrected chi connectivity index (χ3v) is 6.05. The van der Waals surface area contributed by atoms with E-state index in [2.05, 4.69) is 36.1 Å². The molecule has 2 aromatic heterocycles. The lowest BCUT2D eigenvalue weighted by atomic mass is 10.1. The van der Waals surface area contributed by atoms with Gasteiger partial charge in [-0.1, -0.05) is 22.0 Å². The zero-order valence-corrected chi connectivity index (χ0v) is 17.6. The fourth-order valence-electron chi connectivity index (χ4n) is 3.63.